The summed E-state index contributed by atoms with van der Waals surface area (Å²) in [5, 5.41) is 2.96. The SMILES string of the molecule is COc1cccc(OCc2ccccc2)c1C(=O)NCCc1ccccc1. The average Bonchev–Trinajstić information content (AvgIpc) is 2.73. The van der Waals surface area contributed by atoms with Crippen LogP contribution in [0.1, 0.15) is 21.5 Å². The largest absolute Gasteiger partial charge is 0.496 e. The molecule has 4 nitrogen and oxygen atoms in total. The fourth-order valence-corrected chi connectivity index (χ4v) is 2.81. The van der Waals surface area contributed by atoms with Crippen LogP contribution in [-0.2, 0) is 13.0 Å². The molecule has 0 heterocycles. The van der Waals surface area contributed by atoms with Crippen molar-refractivity contribution in [2.45, 2.75) is 13.0 Å². The Kier molecular flexibility index (Phi) is 6.47. The molecule has 0 aliphatic heterocycles. The third kappa shape index (κ3) is 5.11. The summed E-state index contributed by atoms with van der Waals surface area (Å²) in [4.78, 5) is 12.8. The zero-order valence-corrected chi connectivity index (χ0v) is 15.4. The summed E-state index contributed by atoms with van der Waals surface area (Å²) >= 11 is 0. The van der Waals surface area contributed by atoms with Crippen molar-refractivity contribution in [2.75, 3.05) is 13.7 Å². The Labute approximate surface area is 159 Å². The highest BCUT2D eigenvalue weighted by Crippen LogP contribution is 2.29. The van der Waals surface area contributed by atoms with E-state index in [1.807, 2.05) is 66.7 Å². The first-order valence-electron chi connectivity index (χ1n) is 8.94. The van der Waals surface area contributed by atoms with Gasteiger partial charge >= 0.3 is 0 Å². The van der Waals surface area contributed by atoms with Gasteiger partial charge in [-0.3, -0.25) is 4.79 Å². The van der Waals surface area contributed by atoms with Crippen LogP contribution in [0.3, 0.4) is 0 Å². The van der Waals surface area contributed by atoms with Gasteiger partial charge in [-0.15, -0.1) is 0 Å². The van der Waals surface area contributed by atoms with Gasteiger partial charge in [0, 0.05) is 6.54 Å². The molecular weight excluding hydrogens is 338 g/mol. The molecule has 0 saturated heterocycles. The quantitative estimate of drug-likeness (QED) is 0.653. The molecule has 4 heteroatoms. The molecule has 0 radical (unpaired) electrons. The summed E-state index contributed by atoms with van der Waals surface area (Å²) < 4.78 is 11.3. The summed E-state index contributed by atoms with van der Waals surface area (Å²) in [5.74, 6) is 0.805. The minimum atomic E-state index is -0.202. The molecule has 27 heavy (non-hydrogen) atoms. The molecule has 0 bridgehead atoms. The lowest BCUT2D eigenvalue weighted by Gasteiger charge is -2.15. The van der Waals surface area contributed by atoms with Gasteiger partial charge in [0.25, 0.3) is 5.91 Å². The third-order valence-electron chi connectivity index (χ3n) is 4.21. The summed E-state index contributed by atoms with van der Waals surface area (Å²) in [6.45, 7) is 0.928. The number of carbonyl (C=O) groups excluding carboxylic acids is 1. The highest BCUT2D eigenvalue weighted by atomic mass is 16.5. The molecule has 3 aromatic carbocycles. The maximum atomic E-state index is 12.8. The van der Waals surface area contributed by atoms with Gasteiger partial charge in [-0.1, -0.05) is 66.7 Å². The monoisotopic (exact) mass is 361 g/mol. The second-order valence-corrected chi connectivity index (χ2v) is 6.10. The van der Waals surface area contributed by atoms with E-state index < -0.39 is 0 Å². The molecule has 3 rings (SSSR count). The van der Waals surface area contributed by atoms with Crippen LogP contribution in [0.25, 0.3) is 0 Å². The Hall–Kier alpha value is -3.27. The van der Waals surface area contributed by atoms with Crippen LogP contribution in [0, 0.1) is 0 Å². The maximum absolute atomic E-state index is 12.8. The van der Waals surface area contributed by atoms with Crippen molar-refractivity contribution in [3.63, 3.8) is 0 Å². The van der Waals surface area contributed by atoms with Crippen molar-refractivity contribution >= 4 is 5.91 Å². The van der Waals surface area contributed by atoms with Gasteiger partial charge in [0.1, 0.15) is 23.7 Å². The van der Waals surface area contributed by atoms with Crippen LogP contribution >= 0.6 is 0 Å². The number of ether oxygens (including phenoxy) is 2. The molecule has 1 amide bonds. The minimum absolute atomic E-state index is 0.202. The first-order chi connectivity index (χ1) is 13.3. The maximum Gasteiger partial charge on any atom is 0.258 e. The summed E-state index contributed by atoms with van der Waals surface area (Å²) in [6.07, 6.45) is 0.766. The Balaban J connectivity index is 1.69. The second kappa shape index (κ2) is 9.43. The number of hydrogen-bond donors (Lipinski definition) is 1. The number of nitrogens with one attached hydrogen (secondary N) is 1. The Morgan fingerprint density at radius 1 is 0.815 bits per heavy atom. The standard InChI is InChI=1S/C23H23NO3/c1-26-20-13-8-14-21(27-17-19-11-6-3-7-12-19)22(20)23(25)24-16-15-18-9-4-2-5-10-18/h2-14H,15-17H2,1H3,(H,24,25). The number of amides is 1. The molecule has 0 aliphatic carbocycles. The van der Waals surface area contributed by atoms with E-state index in [9.17, 15) is 4.79 Å². The topological polar surface area (TPSA) is 47.6 Å². The fourth-order valence-electron chi connectivity index (χ4n) is 2.81. The van der Waals surface area contributed by atoms with Gasteiger partial charge in [-0.05, 0) is 29.7 Å². The number of rotatable bonds is 8. The summed E-state index contributed by atoms with van der Waals surface area (Å²) in [5.41, 5.74) is 2.64. The van der Waals surface area contributed by atoms with E-state index in [1.54, 1.807) is 19.2 Å². The van der Waals surface area contributed by atoms with Crippen LogP contribution in [0.4, 0.5) is 0 Å². The molecule has 0 aromatic heterocycles. The molecule has 138 valence electrons. The first kappa shape index (κ1) is 18.5. The van der Waals surface area contributed by atoms with Gasteiger partial charge < -0.3 is 14.8 Å². The van der Waals surface area contributed by atoms with Crippen molar-refractivity contribution in [1.82, 2.24) is 5.32 Å². The highest BCUT2D eigenvalue weighted by molar-refractivity contribution is 5.99. The Bertz CT molecular complexity index is 863. The van der Waals surface area contributed by atoms with E-state index in [1.165, 1.54) is 5.56 Å². The minimum Gasteiger partial charge on any atom is -0.496 e. The normalized spacial score (nSPS) is 10.3. The summed E-state index contributed by atoms with van der Waals surface area (Å²) in [7, 11) is 1.55. The van der Waals surface area contributed by atoms with Crippen LogP contribution in [0.2, 0.25) is 0 Å². The van der Waals surface area contributed by atoms with Gasteiger partial charge in [0.15, 0.2) is 0 Å². The number of methoxy groups -OCH3 is 1. The Morgan fingerprint density at radius 3 is 2.11 bits per heavy atom. The van der Waals surface area contributed by atoms with Gasteiger partial charge in [-0.25, -0.2) is 0 Å². The first-order valence-corrected chi connectivity index (χ1v) is 8.94. The third-order valence-corrected chi connectivity index (χ3v) is 4.21. The molecule has 0 aliphatic rings. The zero-order valence-electron chi connectivity index (χ0n) is 15.4. The van der Waals surface area contributed by atoms with Crippen molar-refractivity contribution in [3.05, 3.63) is 95.6 Å². The van der Waals surface area contributed by atoms with Crippen LogP contribution in [-0.4, -0.2) is 19.6 Å². The number of benzene rings is 3. The van der Waals surface area contributed by atoms with Crippen molar-refractivity contribution in [2.24, 2.45) is 0 Å². The predicted octanol–water partition coefficient (Wildman–Crippen LogP) is 4.25. The van der Waals surface area contributed by atoms with E-state index in [-0.39, 0.29) is 5.91 Å². The molecule has 0 saturated carbocycles. The second-order valence-electron chi connectivity index (χ2n) is 6.10. The average molecular weight is 361 g/mol. The zero-order chi connectivity index (χ0) is 18.9. The van der Waals surface area contributed by atoms with Crippen LogP contribution in [0.5, 0.6) is 11.5 Å². The van der Waals surface area contributed by atoms with E-state index in [0.29, 0.717) is 30.2 Å². The van der Waals surface area contributed by atoms with E-state index in [0.717, 1.165) is 12.0 Å². The van der Waals surface area contributed by atoms with Crippen LogP contribution < -0.4 is 14.8 Å². The van der Waals surface area contributed by atoms with E-state index in [2.05, 4.69) is 5.32 Å². The Morgan fingerprint density at radius 2 is 1.44 bits per heavy atom. The molecule has 0 fully saturated rings. The predicted molar refractivity (Wildman–Crippen MR) is 106 cm³/mol. The van der Waals surface area contributed by atoms with Crippen LogP contribution in [0.15, 0.2) is 78.9 Å². The number of hydrogen-bond acceptors (Lipinski definition) is 3. The molecule has 0 atom stereocenters. The highest BCUT2D eigenvalue weighted by Gasteiger charge is 2.18. The molecule has 0 unspecified atom stereocenters. The lowest BCUT2D eigenvalue weighted by atomic mass is 10.1. The molecule has 0 spiro atoms. The van der Waals surface area contributed by atoms with Crippen molar-refractivity contribution in [1.29, 1.82) is 0 Å². The van der Waals surface area contributed by atoms with Gasteiger partial charge in [0.2, 0.25) is 0 Å². The van der Waals surface area contributed by atoms with Gasteiger partial charge in [-0.2, -0.15) is 0 Å². The number of carbonyl (C=O) groups is 1. The van der Waals surface area contributed by atoms with Crippen molar-refractivity contribution in [3.8, 4) is 11.5 Å². The van der Waals surface area contributed by atoms with E-state index in [4.69, 9.17) is 9.47 Å². The molecule has 3 aromatic rings. The van der Waals surface area contributed by atoms with Gasteiger partial charge in [0.05, 0.1) is 7.11 Å². The summed E-state index contributed by atoms with van der Waals surface area (Å²) in [6, 6.07) is 25.3. The fraction of sp³-hybridized carbons (Fsp3) is 0.174. The molecular formula is C23H23NO3. The lowest BCUT2D eigenvalue weighted by molar-refractivity contribution is 0.0946. The lowest BCUT2D eigenvalue weighted by Crippen LogP contribution is -2.26. The smallest absolute Gasteiger partial charge is 0.258 e. The van der Waals surface area contributed by atoms with E-state index >= 15 is 0 Å². The van der Waals surface area contributed by atoms with Crippen molar-refractivity contribution < 1.29 is 14.3 Å². The molecule has 1 N–H and O–H groups in total.